The molecule has 0 saturated heterocycles. The Morgan fingerprint density at radius 3 is 2.57 bits per heavy atom. The maximum Gasteiger partial charge on any atom is 0.244 e. The number of carbonyl (C=O) groups excluding carboxylic acids is 2. The third-order valence-electron chi connectivity index (χ3n) is 3.18. The zero-order chi connectivity index (χ0) is 16.5. The second-order valence-electron chi connectivity index (χ2n) is 5.20. The van der Waals surface area contributed by atoms with Crippen molar-refractivity contribution < 1.29 is 9.59 Å². The predicted octanol–water partition coefficient (Wildman–Crippen LogP) is 3.15. The van der Waals surface area contributed by atoms with Gasteiger partial charge in [-0.15, -0.1) is 0 Å². The summed E-state index contributed by atoms with van der Waals surface area (Å²) in [6.45, 7) is 2.27. The molecule has 2 aromatic carbocycles. The van der Waals surface area contributed by atoms with Gasteiger partial charge in [-0.25, -0.2) is 0 Å². The van der Waals surface area contributed by atoms with Crippen LogP contribution in [0.5, 0.6) is 0 Å². The summed E-state index contributed by atoms with van der Waals surface area (Å²) in [6.07, 6.45) is 3.44. The van der Waals surface area contributed by atoms with Crippen LogP contribution in [0, 0.1) is 6.92 Å². The fourth-order valence-corrected chi connectivity index (χ4v) is 2.04. The number of hydrogen-bond donors (Lipinski definition) is 2. The first kappa shape index (κ1) is 16.5. The van der Waals surface area contributed by atoms with Crippen molar-refractivity contribution in [1.82, 2.24) is 5.32 Å². The van der Waals surface area contributed by atoms with Gasteiger partial charge in [0.05, 0.1) is 0 Å². The van der Waals surface area contributed by atoms with Crippen molar-refractivity contribution in [2.75, 3.05) is 11.9 Å². The molecule has 0 unspecified atom stereocenters. The van der Waals surface area contributed by atoms with Crippen LogP contribution in [0.25, 0.3) is 6.08 Å². The molecule has 2 N–H and O–H groups in total. The van der Waals surface area contributed by atoms with Crippen LogP contribution in [0.15, 0.2) is 60.7 Å². The molecule has 118 valence electrons. The molecular formula is C19H20N2O2. The molecule has 0 bridgehead atoms. The fraction of sp³-hybridized carbons (Fsp3) is 0.158. The molecule has 0 radical (unpaired) electrons. The van der Waals surface area contributed by atoms with Crippen LogP contribution in [0.3, 0.4) is 0 Å². The molecule has 0 spiro atoms. The zero-order valence-electron chi connectivity index (χ0n) is 13.1. The first-order valence-electron chi connectivity index (χ1n) is 7.51. The Morgan fingerprint density at radius 1 is 1.04 bits per heavy atom. The van der Waals surface area contributed by atoms with Crippen LogP contribution in [0.2, 0.25) is 0 Å². The van der Waals surface area contributed by atoms with Crippen molar-refractivity contribution in [2.24, 2.45) is 0 Å². The molecule has 0 fully saturated rings. The van der Waals surface area contributed by atoms with E-state index in [9.17, 15) is 9.59 Å². The zero-order valence-corrected chi connectivity index (χ0v) is 13.1. The van der Waals surface area contributed by atoms with Crippen LogP contribution >= 0.6 is 0 Å². The van der Waals surface area contributed by atoms with Crippen molar-refractivity contribution in [3.8, 4) is 0 Å². The first-order chi connectivity index (χ1) is 11.1. The van der Waals surface area contributed by atoms with Gasteiger partial charge in [0, 0.05) is 24.7 Å². The molecule has 23 heavy (non-hydrogen) atoms. The summed E-state index contributed by atoms with van der Waals surface area (Å²) < 4.78 is 0. The van der Waals surface area contributed by atoms with E-state index in [1.165, 1.54) is 6.08 Å². The lowest BCUT2D eigenvalue weighted by atomic mass is 10.2. The first-order valence-corrected chi connectivity index (χ1v) is 7.51. The quantitative estimate of drug-likeness (QED) is 0.805. The van der Waals surface area contributed by atoms with Gasteiger partial charge in [0.15, 0.2) is 0 Å². The van der Waals surface area contributed by atoms with Crippen molar-refractivity contribution in [3.05, 3.63) is 71.8 Å². The number of anilines is 1. The monoisotopic (exact) mass is 308 g/mol. The Labute approximate surface area is 136 Å². The average Bonchev–Trinajstić information content (AvgIpc) is 2.54. The third kappa shape index (κ3) is 6.18. The number of aryl methyl sites for hydroxylation is 1. The molecule has 2 amide bonds. The minimum Gasteiger partial charge on any atom is -0.352 e. The highest BCUT2D eigenvalue weighted by Crippen LogP contribution is 2.09. The van der Waals surface area contributed by atoms with Crippen LogP contribution in [0.4, 0.5) is 5.69 Å². The van der Waals surface area contributed by atoms with Gasteiger partial charge in [-0.05, 0) is 36.3 Å². The molecular weight excluding hydrogens is 288 g/mol. The van der Waals surface area contributed by atoms with E-state index in [1.54, 1.807) is 6.08 Å². The summed E-state index contributed by atoms with van der Waals surface area (Å²) in [4.78, 5) is 23.5. The molecule has 4 nitrogen and oxygen atoms in total. The van der Waals surface area contributed by atoms with E-state index >= 15 is 0 Å². The maximum absolute atomic E-state index is 11.8. The summed E-state index contributed by atoms with van der Waals surface area (Å²) in [5, 5.41) is 5.50. The minimum absolute atomic E-state index is 0.122. The molecule has 0 aromatic heterocycles. The lowest BCUT2D eigenvalue weighted by molar-refractivity contribution is -0.117. The molecule has 0 aliphatic carbocycles. The largest absolute Gasteiger partial charge is 0.352 e. The summed E-state index contributed by atoms with van der Waals surface area (Å²) in [5.41, 5.74) is 2.81. The van der Waals surface area contributed by atoms with E-state index in [4.69, 9.17) is 0 Å². The Morgan fingerprint density at radius 2 is 1.83 bits per heavy atom. The molecule has 4 heteroatoms. The lowest BCUT2D eigenvalue weighted by Gasteiger charge is -2.06. The van der Waals surface area contributed by atoms with Crippen molar-refractivity contribution in [1.29, 1.82) is 0 Å². The van der Waals surface area contributed by atoms with Crippen LogP contribution in [0.1, 0.15) is 17.5 Å². The summed E-state index contributed by atoms with van der Waals surface area (Å²) in [5.74, 6) is -0.333. The molecule has 0 heterocycles. The van der Waals surface area contributed by atoms with Gasteiger partial charge in [-0.2, -0.15) is 0 Å². The Balaban J connectivity index is 1.71. The second kappa shape index (κ2) is 8.54. The average molecular weight is 308 g/mol. The Kier molecular flexibility index (Phi) is 6.12. The van der Waals surface area contributed by atoms with Gasteiger partial charge in [0.2, 0.25) is 11.8 Å². The van der Waals surface area contributed by atoms with Gasteiger partial charge in [0.1, 0.15) is 0 Å². The number of nitrogens with one attached hydrogen (secondary N) is 2. The topological polar surface area (TPSA) is 58.2 Å². The van der Waals surface area contributed by atoms with E-state index in [0.29, 0.717) is 6.54 Å². The van der Waals surface area contributed by atoms with E-state index < -0.39 is 0 Å². The minimum atomic E-state index is -0.211. The molecule has 0 aliphatic rings. The molecule has 0 aliphatic heterocycles. The van der Waals surface area contributed by atoms with E-state index in [1.807, 2.05) is 61.5 Å². The van der Waals surface area contributed by atoms with Gasteiger partial charge in [-0.1, -0.05) is 42.5 Å². The molecule has 0 atom stereocenters. The Hall–Kier alpha value is -2.88. The Bertz CT molecular complexity index is 694. The van der Waals surface area contributed by atoms with Gasteiger partial charge in [0.25, 0.3) is 0 Å². The van der Waals surface area contributed by atoms with Crippen molar-refractivity contribution >= 4 is 23.6 Å². The number of amides is 2. The number of hydrogen-bond acceptors (Lipinski definition) is 2. The standard InChI is InChI=1S/C19H20N2O2/c1-15-6-5-9-17(14-15)21-19(23)12-13-20-18(22)11-10-16-7-3-2-4-8-16/h2-11,14H,12-13H2,1H3,(H,20,22)(H,21,23)/b11-10+. The molecule has 0 saturated carbocycles. The highest BCUT2D eigenvalue weighted by Gasteiger charge is 2.03. The summed E-state index contributed by atoms with van der Waals surface area (Å²) in [7, 11) is 0. The smallest absolute Gasteiger partial charge is 0.244 e. The van der Waals surface area contributed by atoms with Crippen LogP contribution in [-0.2, 0) is 9.59 Å². The van der Waals surface area contributed by atoms with Gasteiger partial charge in [-0.3, -0.25) is 9.59 Å². The van der Waals surface area contributed by atoms with E-state index in [0.717, 1.165) is 16.8 Å². The van der Waals surface area contributed by atoms with Crippen molar-refractivity contribution in [3.63, 3.8) is 0 Å². The number of carbonyl (C=O) groups is 2. The van der Waals surface area contributed by atoms with Gasteiger partial charge >= 0.3 is 0 Å². The predicted molar refractivity (Wildman–Crippen MR) is 92.9 cm³/mol. The molecule has 2 aromatic rings. The van der Waals surface area contributed by atoms with Crippen molar-refractivity contribution in [2.45, 2.75) is 13.3 Å². The summed E-state index contributed by atoms with van der Waals surface area (Å²) in [6, 6.07) is 17.2. The maximum atomic E-state index is 11.8. The van der Waals surface area contributed by atoms with Crippen LogP contribution in [-0.4, -0.2) is 18.4 Å². The van der Waals surface area contributed by atoms with Crippen LogP contribution < -0.4 is 10.6 Å². The van der Waals surface area contributed by atoms with E-state index in [2.05, 4.69) is 10.6 Å². The highest BCUT2D eigenvalue weighted by atomic mass is 16.2. The van der Waals surface area contributed by atoms with Gasteiger partial charge < -0.3 is 10.6 Å². The lowest BCUT2D eigenvalue weighted by Crippen LogP contribution is -2.26. The highest BCUT2D eigenvalue weighted by molar-refractivity contribution is 5.93. The number of rotatable bonds is 6. The fourth-order valence-electron chi connectivity index (χ4n) is 2.04. The SMILES string of the molecule is Cc1cccc(NC(=O)CCNC(=O)/C=C/c2ccccc2)c1. The normalized spacial score (nSPS) is 10.5. The summed E-state index contributed by atoms with van der Waals surface area (Å²) >= 11 is 0. The third-order valence-corrected chi connectivity index (χ3v) is 3.18. The van der Waals surface area contributed by atoms with E-state index in [-0.39, 0.29) is 18.2 Å². The number of benzene rings is 2. The molecule has 2 rings (SSSR count). The second-order valence-corrected chi connectivity index (χ2v) is 5.20.